The van der Waals surface area contributed by atoms with E-state index in [2.05, 4.69) is 5.32 Å². The average Bonchev–Trinajstić information content (AvgIpc) is 2.73. The van der Waals surface area contributed by atoms with E-state index in [4.69, 9.17) is 11.6 Å². The maximum atomic E-state index is 12.8. The zero-order valence-electron chi connectivity index (χ0n) is 15.7. The van der Waals surface area contributed by atoms with Crippen LogP contribution in [0.5, 0.6) is 0 Å². The largest absolute Gasteiger partial charge is 0.335 e. The molecule has 0 aromatic heterocycles. The van der Waals surface area contributed by atoms with Crippen LogP contribution >= 0.6 is 11.6 Å². The zero-order valence-corrected chi connectivity index (χ0v) is 16.5. The van der Waals surface area contributed by atoms with Crippen LogP contribution in [0.1, 0.15) is 39.2 Å². The van der Waals surface area contributed by atoms with E-state index in [9.17, 15) is 9.59 Å². The van der Waals surface area contributed by atoms with E-state index in [1.54, 1.807) is 48.3 Å². The van der Waals surface area contributed by atoms with Crippen LogP contribution in [-0.2, 0) is 0 Å². The smallest absolute Gasteiger partial charge is 0.255 e. The highest BCUT2D eigenvalue weighted by atomic mass is 35.5. The standard InChI is InChI=1S/C23H21ClN2O2/c1-16(26(2)23(28)20-13-6-7-14-21(20)24)18-11-8-12-19(15-18)25-22(27)17-9-4-3-5-10-17/h3-16H,1-2H3,(H,25,27)/t16-/m0/s1. The Kier molecular flexibility index (Phi) is 6.12. The Balaban J connectivity index is 1.76. The van der Waals surface area contributed by atoms with Crippen molar-refractivity contribution in [2.75, 3.05) is 12.4 Å². The summed E-state index contributed by atoms with van der Waals surface area (Å²) in [5, 5.41) is 3.33. The molecular weight excluding hydrogens is 372 g/mol. The molecule has 142 valence electrons. The molecule has 0 aliphatic carbocycles. The van der Waals surface area contributed by atoms with Gasteiger partial charge < -0.3 is 10.2 Å². The molecule has 0 aliphatic rings. The maximum absolute atomic E-state index is 12.8. The van der Waals surface area contributed by atoms with Crippen LogP contribution in [0.2, 0.25) is 5.02 Å². The van der Waals surface area contributed by atoms with Gasteiger partial charge in [-0.05, 0) is 48.9 Å². The second kappa shape index (κ2) is 8.72. The van der Waals surface area contributed by atoms with Gasteiger partial charge in [0.25, 0.3) is 11.8 Å². The quantitative estimate of drug-likeness (QED) is 0.629. The van der Waals surface area contributed by atoms with Crippen molar-refractivity contribution in [3.8, 4) is 0 Å². The van der Waals surface area contributed by atoms with Gasteiger partial charge in [0.05, 0.1) is 16.6 Å². The van der Waals surface area contributed by atoms with Gasteiger partial charge in [-0.1, -0.05) is 54.1 Å². The topological polar surface area (TPSA) is 49.4 Å². The summed E-state index contributed by atoms with van der Waals surface area (Å²) in [6.45, 7) is 1.94. The zero-order chi connectivity index (χ0) is 20.1. The number of carbonyl (C=O) groups is 2. The Morgan fingerprint density at radius 3 is 2.32 bits per heavy atom. The molecule has 0 radical (unpaired) electrons. The number of anilines is 1. The summed E-state index contributed by atoms with van der Waals surface area (Å²) in [6, 6.07) is 23.3. The molecule has 0 fully saturated rings. The van der Waals surface area contributed by atoms with Gasteiger partial charge in [0.2, 0.25) is 0 Å². The van der Waals surface area contributed by atoms with Gasteiger partial charge in [0, 0.05) is 18.3 Å². The molecule has 2 amide bonds. The van der Waals surface area contributed by atoms with Crippen LogP contribution in [0.3, 0.4) is 0 Å². The fourth-order valence-corrected chi connectivity index (χ4v) is 3.11. The number of nitrogens with zero attached hydrogens (tertiary/aromatic N) is 1. The highest BCUT2D eigenvalue weighted by molar-refractivity contribution is 6.33. The van der Waals surface area contributed by atoms with Gasteiger partial charge in [0.1, 0.15) is 0 Å². The van der Waals surface area contributed by atoms with Crippen LogP contribution in [0.25, 0.3) is 0 Å². The summed E-state index contributed by atoms with van der Waals surface area (Å²) in [7, 11) is 1.74. The Bertz CT molecular complexity index is 989. The molecule has 0 saturated carbocycles. The van der Waals surface area contributed by atoms with Gasteiger partial charge in [0.15, 0.2) is 0 Å². The second-order valence-corrected chi connectivity index (χ2v) is 6.92. The van der Waals surface area contributed by atoms with E-state index in [1.807, 2.05) is 49.4 Å². The molecule has 0 bridgehead atoms. The summed E-state index contributed by atoms with van der Waals surface area (Å²) in [6.07, 6.45) is 0. The van der Waals surface area contributed by atoms with Crippen LogP contribution in [0.15, 0.2) is 78.9 Å². The first-order valence-electron chi connectivity index (χ1n) is 8.95. The molecule has 3 aromatic carbocycles. The monoisotopic (exact) mass is 392 g/mol. The SMILES string of the molecule is C[C@@H](c1cccc(NC(=O)c2ccccc2)c1)N(C)C(=O)c1ccccc1Cl. The van der Waals surface area contributed by atoms with Gasteiger partial charge in [-0.15, -0.1) is 0 Å². The number of benzene rings is 3. The Labute approximate surface area is 169 Å². The summed E-state index contributed by atoms with van der Waals surface area (Å²) in [4.78, 5) is 26.8. The molecule has 5 heteroatoms. The Hall–Kier alpha value is -3.11. The number of nitrogens with one attached hydrogen (secondary N) is 1. The molecule has 1 N–H and O–H groups in total. The summed E-state index contributed by atoms with van der Waals surface area (Å²) >= 11 is 6.16. The first-order chi connectivity index (χ1) is 13.5. The van der Waals surface area contributed by atoms with E-state index in [0.29, 0.717) is 21.8 Å². The molecule has 0 spiro atoms. The predicted molar refractivity (Wildman–Crippen MR) is 113 cm³/mol. The minimum atomic E-state index is -0.197. The van der Waals surface area contributed by atoms with Crippen molar-refractivity contribution >= 4 is 29.1 Å². The number of rotatable bonds is 5. The van der Waals surface area contributed by atoms with E-state index < -0.39 is 0 Å². The third-order valence-corrected chi connectivity index (χ3v) is 5.00. The van der Waals surface area contributed by atoms with Crippen molar-refractivity contribution < 1.29 is 9.59 Å². The lowest BCUT2D eigenvalue weighted by molar-refractivity contribution is 0.0742. The highest BCUT2D eigenvalue weighted by Gasteiger charge is 2.21. The third kappa shape index (κ3) is 4.41. The van der Waals surface area contributed by atoms with E-state index in [0.717, 1.165) is 5.56 Å². The van der Waals surface area contributed by atoms with Crippen molar-refractivity contribution in [3.63, 3.8) is 0 Å². The predicted octanol–water partition coefficient (Wildman–Crippen LogP) is 5.43. The molecule has 3 rings (SSSR count). The van der Waals surface area contributed by atoms with Crippen molar-refractivity contribution in [1.29, 1.82) is 0 Å². The van der Waals surface area contributed by atoms with Crippen molar-refractivity contribution in [3.05, 3.63) is 101 Å². The number of carbonyl (C=O) groups excluding carboxylic acids is 2. The van der Waals surface area contributed by atoms with Gasteiger partial charge in [-0.2, -0.15) is 0 Å². The van der Waals surface area contributed by atoms with E-state index in [-0.39, 0.29) is 17.9 Å². The lowest BCUT2D eigenvalue weighted by Crippen LogP contribution is -2.30. The van der Waals surface area contributed by atoms with Gasteiger partial charge in [-0.25, -0.2) is 0 Å². The van der Waals surface area contributed by atoms with Crippen LogP contribution in [0.4, 0.5) is 5.69 Å². The Morgan fingerprint density at radius 1 is 0.929 bits per heavy atom. The minimum Gasteiger partial charge on any atom is -0.335 e. The van der Waals surface area contributed by atoms with Crippen molar-refractivity contribution in [1.82, 2.24) is 4.90 Å². The molecule has 1 atom stereocenters. The van der Waals surface area contributed by atoms with Crippen molar-refractivity contribution in [2.24, 2.45) is 0 Å². The fourth-order valence-electron chi connectivity index (χ4n) is 2.89. The molecule has 0 aliphatic heterocycles. The number of halogens is 1. The lowest BCUT2D eigenvalue weighted by Gasteiger charge is -2.26. The highest BCUT2D eigenvalue weighted by Crippen LogP contribution is 2.25. The van der Waals surface area contributed by atoms with Gasteiger partial charge >= 0.3 is 0 Å². The first kappa shape index (κ1) is 19.6. The van der Waals surface area contributed by atoms with Crippen LogP contribution in [-0.4, -0.2) is 23.8 Å². The van der Waals surface area contributed by atoms with E-state index >= 15 is 0 Å². The molecule has 0 unspecified atom stereocenters. The number of hydrogen-bond donors (Lipinski definition) is 1. The van der Waals surface area contributed by atoms with Crippen molar-refractivity contribution in [2.45, 2.75) is 13.0 Å². The number of hydrogen-bond acceptors (Lipinski definition) is 2. The molecule has 28 heavy (non-hydrogen) atoms. The second-order valence-electron chi connectivity index (χ2n) is 6.52. The summed E-state index contributed by atoms with van der Waals surface area (Å²) in [5.74, 6) is -0.331. The van der Waals surface area contributed by atoms with Gasteiger partial charge in [-0.3, -0.25) is 9.59 Å². The summed E-state index contributed by atoms with van der Waals surface area (Å²) in [5.41, 5.74) is 2.64. The molecule has 4 nitrogen and oxygen atoms in total. The minimum absolute atomic E-state index is 0.156. The van der Waals surface area contributed by atoms with Crippen LogP contribution in [0, 0.1) is 0 Å². The molecule has 0 heterocycles. The van der Waals surface area contributed by atoms with Crippen LogP contribution < -0.4 is 5.32 Å². The first-order valence-corrected chi connectivity index (χ1v) is 9.33. The third-order valence-electron chi connectivity index (χ3n) is 4.67. The lowest BCUT2D eigenvalue weighted by atomic mass is 10.0. The maximum Gasteiger partial charge on any atom is 0.255 e. The average molecular weight is 393 g/mol. The number of amides is 2. The molecule has 0 saturated heterocycles. The normalized spacial score (nSPS) is 11.5. The fraction of sp³-hybridized carbons (Fsp3) is 0.130. The Morgan fingerprint density at radius 2 is 1.61 bits per heavy atom. The molecular formula is C23H21ClN2O2. The van der Waals surface area contributed by atoms with E-state index in [1.165, 1.54) is 0 Å². The molecule has 3 aromatic rings. The summed E-state index contributed by atoms with van der Waals surface area (Å²) < 4.78 is 0.